The van der Waals surface area contributed by atoms with E-state index in [1.807, 2.05) is 26.0 Å². The number of amides is 1. The zero-order chi connectivity index (χ0) is 12.3. The second kappa shape index (κ2) is 6.73. The predicted octanol–water partition coefficient (Wildman–Crippen LogP) is 3.10. The van der Waals surface area contributed by atoms with Crippen LogP contribution in [0, 0.1) is 0 Å². The molecule has 0 aliphatic carbocycles. The molecule has 1 rings (SSSR count). The summed E-state index contributed by atoms with van der Waals surface area (Å²) in [6.07, 6.45) is 0. The number of hydrogen-bond acceptors (Lipinski definition) is 2. The number of halogens is 3. The third kappa shape index (κ3) is 5.86. The van der Waals surface area contributed by atoms with Crippen molar-refractivity contribution in [1.29, 1.82) is 0 Å². The summed E-state index contributed by atoms with van der Waals surface area (Å²) in [6.45, 7) is 4.17. The molecule has 0 fully saturated rings. The quantitative estimate of drug-likeness (QED) is 0.839. The fourth-order valence-corrected chi connectivity index (χ4v) is 2.30. The first kappa shape index (κ1) is 16.9. The summed E-state index contributed by atoms with van der Waals surface area (Å²) in [4.78, 5) is 11.8. The summed E-state index contributed by atoms with van der Waals surface area (Å²) in [5.41, 5.74) is 5.99. The number of nitrogens with two attached hydrogens (primary N) is 1. The smallest absolute Gasteiger partial charge is 0.252 e. The molecule has 3 N–H and O–H groups in total. The lowest BCUT2D eigenvalue weighted by Crippen LogP contribution is -2.45. The van der Waals surface area contributed by atoms with Gasteiger partial charge in [-0.2, -0.15) is 0 Å². The topological polar surface area (TPSA) is 55.1 Å². The zero-order valence-corrected chi connectivity index (χ0v) is 13.6. The van der Waals surface area contributed by atoms with Gasteiger partial charge in [0, 0.05) is 21.0 Å². The highest BCUT2D eigenvalue weighted by Crippen LogP contribution is 2.21. The Morgan fingerprint density at radius 3 is 2.47 bits per heavy atom. The molecule has 1 amide bonds. The van der Waals surface area contributed by atoms with Gasteiger partial charge in [-0.15, -0.1) is 12.4 Å². The van der Waals surface area contributed by atoms with Gasteiger partial charge >= 0.3 is 0 Å². The molecule has 0 aromatic heterocycles. The molecule has 0 unspecified atom stereocenters. The highest BCUT2D eigenvalue weighted by molar-refractivity contribution is 9.11. The number of nitrogens with one attached hydrogen (secondary N) is 1. The van der Waals surface area contributed by atoms with Crippen LogP contribution in [0.4, 0.5) is 0 Å². The van der Waals surface area contributed by atoms with E-state index in [4.69, 9.17) is 5.73 Å². The van der Waals surface area contributed by atoms with Gasteiger partial charge in [0.2, 0.25) is 0 Å². The second-order valence-electron chi connectivity index (χ2n) is 4.30. The van der Waals surface area contributed by atoms with Gasteiger partial charge in [0.25, 0.3) is 5.91 Å². The largest absolute Gasteiger partial charge is 0.350 e. The summed E-state index contributed by atoms with van der Waals surface area (Å²) >= 11 is 6.68. The maximum atomic E-state index is 11.8. The fraction of sp³-hybridized carbons (Fsp3) is 0.364. The molecule has 1 aromatic rings. The van der Waals surface area contributed by atoms with E-state index in [1.165, 1.54) is 0 Å². The highest BCUT2D eigenvalue weighted by Gasteiger charge is 2.15. The van der Waals surface area contributed by atoms with Crippen LogP contribution in [-0.2, 0) is 0 Å². The number of carbonyl (C=O) groups excluding carboxylic acids is 1. The molecular weight excluding hydrogens is 371 g/mol. The molecule has 17 heavy (non-hydrogen) atoms. The fourth-order valence-electron chi connectivity index (χ4n) is 1.08. The minimum Gasteiger partial charge on any atom is -0.350 e. The Morgan fingerprint density at radius 1 is 1.41 bits per heavy atom. The summed E-state index contributed by atoms with van der Waals surface area (Å²) in [7, 11) is 0. The lowest BCUT2D eigenvalue weighted by atomic mass is 10.1. The molecule has 0 atom stereocenters. The lowest BCUT2D eigenvalue weighted by molar-refractivity contribution is 0.0945. The maximum Gasteiger partial charge on any atom is 0.252 e. The van der Waals surface area contributed by atoms with Crippen LogP contribution >= 0.6 is 44.3 Å². The average Bonchev–Trinajstić information content (AvgIpc) is 2.13. The summed E-state index contributed by atoms with van der Waals surface area (Å²) in [5, 5.41) is 2.79. The molecule has 0 aliphatic rings. The molecule has 0 saturated heterocycles. The van der Waals surface area contributed by atoms with Crippen molar-refractivity contribution in [3.05, 3.63) is 32.7 Å². The van der Waals surface area contributed by atoms with Gasteiger partial charge in [-0.05, 0) is 48.0 Å². The molecule has 0 aliphatic heterocycles. The van der Waals surface area contributed by atoms with Crippen LogP contribution in [0.15, 0.2) is 27.1 Å². The van der Waals surface area contributed by atoms with Gasteiger partial charge < -0.3 is 11.1 Å². The SMILES string of the molecule is CC(C)(N)CNC(=O)c1ccc(Br)cc1Br.Cl. The molecule has 3 nitrogen and oxygen atoms in total. The first-order valence-corrected chi connectivity index (χ1v) is 6.40. The average molecular weight is 387 g/mol. The normalized spacial score (nSPS) is 10.6. The van der Waals surface area contributed by atoms with Crippen molar-refractivity contribution < 1.29 is 4.79 Å². The van der Waals surface area contributed by atoms with Gasteiger partial charge in [-0.25, -0.2) is 0 Å². The van der Waals surface area contributed by atoms with Crippen molar-refractivity contribution in [2.45, 2.75) is 19.4 Å². The van der Waals surface area contributed by atoms with Gasteiger partial charge in [0.1, 0.15) is 0 Å². The van der Waals surface area contributed by atoms with Crippen molar-refractivity contribution >= 4 is 50.2 Å². The standard InChI is InChI=1S/C11H14Br2N2O.ClH/c1-11(2,14)6-15-10(16)8-4-3-7(12)5-9(8)13;/h3-5H,6,14H2,1-2H3,(H,15,16);1H. The monoisotopic (exact) mass is 384 g/mol. The molecule has 0 saturated carbocycles. The Hall–Kier alpha value is -0.100. The van der Waals surface area contributed by atoms with Crippen molar-refractivity contribution in [3.8, 4) is 0 Å². The van der Waals surface area contributed by atoms with Crippen LogP contribution in [0.3, 0.4) is 0 Å². The molecule has 6 heteroatoms. The van der Waals surface area contributed by atoms with E-state index in [2.05, 4.69) is 37.2 Å². The van der Waals surface area contributed by atoms with E-state index in [0.29, 0.717) is 12.1 Å². The minimum absolute atomic E-state index is 0. The maximum absolute atomic E-state index is 11.8. The molecular formula is C11H15Br2ClN2O. The van der Waals surface area contributed by atoms with Crippen molar-refractivity contribution in [3.63, 3.8) is 0 Å². The summed E-state index contributed by atoms with van der Waals surface area (Å²) in [5.74, 6) is -0.127. The summed E-state index contributed by atoms with van der Waals surface area (Å²) in [6, 6.07) is 5.42. The molecule has 0 bridgehead atoms. The van der Waals surface area contributed by atoms with Crippen LogP contribution in [-0.4, -0.2) is 18.0 Å². The number of hydrogen-bond donors (Lipinski definition) is 2. The van der Waals surface area contributed by atoms with Crippen LogP contribution in [0.2, 0.25) is 0 Å². The van der Waals surface area contributed by atoms with Gasteiger partial charge in [-0.1, -0.05) is 15.9 Å². The number of benzene rings is 1. The third-order valence-electron chi connectivity index (χ3n) is 1.88. The Labute approximate surface area is 124 Å². The van der Waals surface area contributed by atoms with Crippen molar-refractivity contribution in [2.75, 3.05) is 6.54 Å². The lowest BCUT2D eigenvalue weighted by Gasteiger charge is -2.19. The predicted molar refractivity (Wildman–Crippen MR) is 79.7 cm³/mol. The molecule has 0 radical (unpaired) electrons. The van der Waals surface area contributed by atoms with Gasteiger partial charge in [0.05, 0.1) is 5.56 Å². The Morgan fingerprint density at radius 2 is 2.00 bits per heavy atom. The number of carbonyl (C=O) groups is 1. The van der Waals surface area contributed by atoms with Gasteiger partial charge in [0.15, 0.2) is 0 Å². The minimum atomic E-state index is -0.405. The van der Waals surface area contributed by atoms with E-state index >= 15 is 0 Å². The first-order chi connectivity index (χ1) is 7.29. The summed E-state index contributed by atoms with van der Waals surface area (Å²) < 4.78 is 1.68. The first-order valence-electron chi connectivity index (χ1n) is 4.82. The zero-order valence-electron chi connectivity index (χ0n) is 9.59. The van der Waals surface area contributed by atoms with Crippen molar-refractivity contribution in [1.82, 2.24) is 5.32 Å². The van der Waals surface area contributed by atoms with E-state index in [9.17, 15) is 4.79 Å². The highest BCUT2D eigenvalue weighted by atomic mass is 79.9. The van der Waals surface area contributed by atoms with Crippen LogP contribution < -0.4 is 11.1 Å². The molecule has 0 spiro atoms. The Kier molecular flexibility index (Phi) is 6.69. The molecule has 0 heterocycles. The van der Waals surface area contributed by atoms with Crippen LogP contribution in [0.25, 0.3) is 0 Å². The van der Waals surface area contributed by atoms with Crippen molar-refractivity contribution in [2.24, 2.45) is 5.73 Å². The Bertz CT molecular complexity index is 405. The van der Waals surface area contributed by atoms with E-state index in [0.717, 1.165) is 8.95 Å². The third-order valence-corrected chi connectivity index (χ3v) is 3.03. The molecule has 96 valence electrons. The molecule has 1 aromatic carbocycles. The van der Waals surface area contributed by atoms with E-state index < -0.39 is 5.54 Å². The van der Waals surface area contributed by atoms with E-state index in [1.54, 1.807) is 6.07 Å². The second-order valence-corrected chi connectivity index (χ2v) is 6.07. The Balaban J connectivity index is 0.00000256. The van der Waals surface area contributed by atoms with Crippen LogP contribution in [0.1, 0.15) is 24.2 Å². The van der Waals surface area contributed by atoms with Gasteiger partial charge in [-0.3, -0.25) is 4.79 Å². The van der Waals surface area contributed by atoms with E-state index in [-0.39, 0.29) is 18.3 Å². The van der Waals surface area contributed by atoms with Crippen LogP contribution in [0.5, 0.6) is 0 Å². The number of rotatable bonds is 3.